The monoisotopic (exact) mass is 575 g/mol. The van der Waals surface area contributed by atoms with E-state index in [1.54, 1.807) is 55.6 Å². The third-order valence-corrected chi connectivity index (χ3v) is 6.98. The molecular weight excluding hydrogens is 545 g/mol. The number of hydrogen-bond acceptors (Lipinski definition) is 9. The van der Waals surface area contributed by atoms with E-state index in [1.807, 2.05) is 30.3 Å². The van der Waals surface area contributed by atoms with Gasteiger partial charge in [0.15, 0.2) is 11.8 Å². The van der Waals surface area contributed by atoms with E-state index >= 15 is 0 Å². The molecule has 0 saturated carbocycles. The SMILES string of the molecule is Cc1ncc(COc2ccccc2O[P+]([O-])=NC(Cc2ccc(OCc3ccccc3)cc2)C(=O)O)c(CN)c1O. The molecule has 1 heterocycles. The highest BCUT2D eigenvalue weighted by Gasteiger charge is 2.23. The van der Waals surface area contributed by atoms with Gasteiger partial charge in [0.05, 0.1) is 5.69 Å². The van der Waals surface area contributed by atoms with E-state index in [0.717, 1.165) is 5.56 Å². The first-order valence-corrected chi connectivity index (χ1v) is 13.9. The van der Waals surface area contributed by atoms with Crippen molar-refractivity contribution in [1.29, 1.82) is 0 Å². The van der Waals surface area contributed by atoms with E-state index in [9.17, 15) is 19.9 Å². The zero-order valence-electron chi connectivity index (χ0n) is 22.3. The second-order valence-electron chi connectivity index (χ2n) is 9.06. The van der Waals surface area contributed by atoms with Crippen molar-refractivity contribution in [2.24, 2.45) is 10.5 Å². The summed E-state index contributed by atoms with van der Waals surface area (Å²) in [6.07, 6.45) is 1.58. The van der Waals surface area contributed by atoms with Crippen molar-refractivity contribution in [2.75, 3.05) is 0 Å². The number of hydrogen-bond donors (Lipinski definition) is 3. The van der Waals surface area contributed by atoms with Crippen LogP contribution < -0.4 is 24.6 Å². The smallest absolute Gasteiger partial charge is 0.395 e. The molecule has 0 radical (unpaired) electrons. The molecule has 0 bridgehead atoms. The first kappa shape index (κ1) is 29.5. The third-order valence-electron chi connectivity index (χ3n) is 6.16. The van der Waals surface area contributed by atoms with Crippen LogP contribution in [0.25, 0.3) is 0 Å². The molecule has 2 unspecified atom stereocenters. The van der Waals surface area contributed by atoms with Gasteiger partial charge in [-0.2, -0.15) is 0 Å². The van der Waals surface area contributed by atoms with Gasteiger partial charge >= 0.3 is 14.1 Å². The standard InChI is InChI=1S/C30H30N3O7P/c1-20-29(34)25(16-31)23(17-32-20)19-39-27-9-5-6-10-28(27)40-41(37)33-26(30(35)36)15-21-11-13-24(14-12-21)38-18-22-7-3-2-4-8-22/h2-14,17,26,34H,15-16,18-19,31H2,1H3,(H,35,36). The average molecular weight is 576 g/mol. The van der Waals surface area contributed by atoms with Crippen LogP contribution in [0.5, 0.6) is 23.0 Å². The fraction of sp³-hybridized carbons (Fsp3) is 0.200. The molecule has 4 N–H and O–H groups in total. The second-order valence-corrected chi connectivity index (χ2v) is 9.95. The summed E-state index contributed by atoms with van der Waals surface area (Å²) in [5.41, 5.74) is 9.05. The lowest BCUT2D eigenvalue weighted by Crippen LogP contribution is -2.21. The van der Waals surface area contributed by atoms with Crippen LogP contribution in [0.1, 0.15) is 27.9 Å². The summed E-state index contributed by atoms with van der Waals surface area (Å²) >= 11 is 0. The van der Waals surface area contributed by atoms with Crippen molar-refractivity contribution in [3.05, 3.63) is 113 Å². The van der Waals surface area contributed by atoms with Crippen LogP contribution in [0.15, 0.2) is 89.8 Å². The Hall–Kier alpha value is -4.50. The number of carbonyl (C=O) groups is 1. The molecule has 4 aromatic rings. The number of rotatable bonds is 13. The molecule has 3 aromatic carbocycles. The van der Waals surface area contributed by atoms with E-state index in [-0.39, 0.29) is 36.8 Å². The second kappa shape index (κ2) is 14.2. The molecule has 11 heteroatoms. The Balaban J connectivity index is 1.40. The molecule has 0 amide bonds. The lowest BCUT2D eigenvalue weighted by Gasteiger charge is -2.13. The molecule has 212 valence electrons. The van der Waals surface area contributed by atoms with Crippen molar-refractivity contribution in [1.82, 2.24) is 4.98 Å². The fourth-order valence-corrected chi connectivity index (χ4v) is 4.70. The van der Waals surface area contributed by atoms with Gasteiger partial charge in [0, 0.05) is 30.3 Å². The van der Waals surface area contributed by atoms with Gasteiger partial charge in [0.1, 0.15) is 24.7 Å². The number of carboxylic acids is 1. The maximum atomic E-state index is 12.8. The molecule has 10 nitrogen and oxygen atoms in total. The Morgan fingerprint density at radius 2 is 1.66 bits per heavy atom. The molecule has 0 saturated heterocycles. The minimum Gasteiger partial charge on any atom is -0.575 e. The first-order valence-electron chi connectivity index (χ1n) is 12.8. The predicted octanol–water partition coefficient (Wildman–Crippen LogP) is 4.64. The van der Waals surface area contributed by atoms with Gasteiger partial charge in [-0.1, -0.05) is 59.3 Å². The zero-order chi connectivity index (χ0) is 29.2. The Kier molecular flexibility index (Phi) is 10.2. The van der Waals surface area contributed by atoms with Crippen LogP contribution in [0.2, 0.25) is 0 Å². The summed E-state index contributed by atoms with van der Waals surface area (Å²) in [5, 5.41) is 19.9. The highest BCUT2D eigenvalue weighted by atomic mass is 31.1. The lowest BCUT2D eigenvalue weighted by molar-refractivity contribution is -0.169. The van der Waals surface area contributed by atoms with E-state index in [0.29, 0.717) is 34.7 Å². The molecule has 41 heavy (non-hydrogen) atoms. The maximum Gasteiger partial charge on any atom is 0.395 e. The number of benzene rings is 3. The average Bonchev–Trinajstić information content (AvgIpc) is 2.98. The fourth-order valence-electron chi connectivity index (χ4n) is 3.92. The van der Waals surface area contributed by atoms with E-state index in [2.05, 4.69) is 9.73 Å². The third kappa shape index (κ3) is 8.25. The van der Waals surface area contributed by atoms with Crippen LogP contribution >= 0.6 is 8.17 Å². The van der Waals surface area contributed by atoms with Crippen LogP contribution in [0, 0.1) is 6.92 Å². The summed E-state index contributed by atoms with van der Waals surface area (Å²) in [4.78, 5) is 28.8. The number of nitrogens with zero attached hydrogens (tertiary/aromatic N) is 2. The summed E-state index contributed by atoms with van der Waals surface area (Å²) in [5.74, 6) is -0.198. The largest absolute Gasteiger partial charge is 0.575 e. The van der Waals surface area contributed by atoms with Gasteiger partial charge in [-0.05, 0) is 42.3 Å². The number of para-hydroxylation sites is 2. The van der Waals surface area contributed by atoms with E-state index in [4.69, 9.17) is 19.7 Å². The summed E-state index contributed by atoms with van der Waals surface area (Å²) in [6.45, 7) is 2.19. The van der Waals surface area contributed by atoms with E-state index in [1.165, 1.54) is 6.07 Å². The Morgan fingerprint density at radius 1 is 0.976 bits per heavy atom. The molecule has 0 fully saturated rings. The number of nitrogens with two attached hydrogens (primary N) is 1. The quantitative estimate of drug-likeness (QED) is 0.193. The van der Waals surface area contributed by atoms with Gasteiger partial charge in [-0.25, -0.2) is 4.79 Å². The van der Waals surface area contributed by atoms with E-state index < -0.39 is 20.2 Å². The summed E-state index contributed by atoms with van der Waals surface area (Å²) < 4.78 is 21.0. The van der Waals surface area contributed by atoms with Crippen LogP contribution in [-0.4, -0.2) is 27.2 Å². The topological polar surface area (TPSA) is 160 Å². The van der Waals surface area contributed by atoms with Gasteiger partial charge in [-0.3, -0.25) is 9.51 Å². The zero-order valence-corrected chi connectivity index (χ0v) is 23.2. The summed E-state index contributed by atoms with van der Waals surface area (Å²) in [6, 6.07) is 21.9. The number of aromatic nitrogens is 1. The van der Waals surface area contributed by atoms with Crippen molar-refractivity contribution < 1.29 is 33.9 Å². The molecule has 0 aliphatic rings. The number of aliphatic carboxylic acids is 1. The Bertz CT molecular complexity index is 1500. The maximum absolute atomic E-state index is 12.8. The van der Waals surface area contributed by atoms with Gasteiger partial charge < -0.3 is 30.3 Å². The number of carboxylic acid groups (broad SMARTS) is 1. The number of ether oxygens (including phenoxy) is 2. The highest BCUT2D eigenvalue weighted by molar-refractivity contribution is 7.34. The normalized spacial score (nSPS) is 12.0. The van der Waals surface area contributed by atoms with Crippen molar-refractivity contribution in [2.45, 2.75) is 39.1 Å². The highest BCUT2D eigenvalue weighted by Crippen LogP contribution is 2.34. The van der Waals surface area contributed by atoms with Crippen LogP contribution in [0.4, 0.5) is 0 Å². The molecule has 1 aromatic heterocycles. The van der Waals surface area contributed by atoms with Crippen LogP contribution in [-0.2, 0) is 31.0 Å². The predicted molar refractivity (Wildman–Crippen MR) is 152 cm³/mol. The molecule has 0 aliphatic carbocycles. The van der Waals surface area contributed by atoms with Crippen molar-refractivity contribution in [3.8, 4) is 23.0 Å². The lowest BCUT2D eigenvalue weighted by atomic mass is 10.1. The van der Waals surface area contributed by atoms with Gasteiger partial charge in [-0.15, -0.1) is 0 Å². The van der Waals surface area contributed by atoms with Crippen LogP contribution in [0.3, 0.4) is 0 Å². The first-order chi connectivity index (χ1) is 19.8. The molecule has 0 aliphatic heterocycles. The van der Waals surface area contributed by atoms with Gasteiger partial charge in [0.2, 0.25) is 5.75 Å². The number of aryl methyl sites for hydroxylation is 1. The minimum atomic E-state index is -2.75. The minimum absolute atomic E-state index is 0.00840. The number of pyridine rings is 1. The van der Waals surface area contributed by atoms with Crippen molar-refractivity contribution in [3.63, 3.8) is 0 Å². The molecule has 2 atom stereocenters. The number of aromatic hydroxyl groups is 1. The van der Waals surface area contributed by atoms with Crippen molar-refractivity contribution >= 4 is 14.1 Å². The summed E-state index contributed by atoms with van der Waals surface area (Å²) in [7, 11) is -2.75. The molecular formula is C30H30N3O7P. The van der Waals surface area contributed by atoms with Gasteiger partial charge in [0.25, 0.3) is 0 Å². The Labute approximate surface area is 238 Å². The Morgan fingerprint density at radius 3 is 2.34 bits per heavy atom. The molecule has 4 rings (SSSR count). The molecule has 0 spiro atoms.